The molecular weight excluding hydrogens is 273 g/mol. The van der Waals surface area contributed by atoms with Crippen LogP contribution in [0.25, 0.3) is 0 Å². The van der Waals surface area contributed by atoms with Crippen molar-refractivity contribution < 1.29 is 19.1 Å². The summed E-state index contributed by atoms with van der Waals surface area (Å²) in [5.74, 6) is -3.40. The van der Waals surface area contributed by atoms with Gasteiger partial charge in [0.2, 0.25) is 5.91 Å². The molecule has 21 heavy (non-hydrogen) atoms. The lowest BCUT2D eigenvalue weighted by Gasteiger charge is -2.29. The summed E-state index contributed by atoms with van der Waals surface area (Å²) in [6, 6.07) is 5.85. The van der Waals surface area contributed by atoms with E-state index in [4.69, 9.17) is 0 Å². The molecule has 2 N–H and O–H groups in total. The third-order valence-electron chi connectivity index (χ3n) is 4.05. The molecule has 2 rings (SSSR count). The van der Waals surface area contributed by atoms with Crippen LogP contribution in [-0.2, 0) is 9.59 Å². The van der Waals surface area contributed by atoms with E-state index >= 15 is 0 Å². The Kier molecular flexibility index (Phi) is 4.40. The van der Waals surface area contributed by atoms with Crippen LogP contribution in [0.15, 0.2) is 35.4 Å². The summed E-state index contributed by atoms with van der Waals surface area (Å²) >= 11 is 0. The van der Waals surface area contributed by atoms with Crippen LogP contribution in [0, 0.1) is 17.7 Å². The normalized spacial score (nSPS) is 22.0. The summed E-state index contributed by atoms with van der Waals surface area (Å²) in [7, 11) is 0. The van der Waals surface area contributed by atoms with E-state index in [1.54, 1.807) is 6.07 Å². The molecule has 5 heteroatoms. The molecule has 0 aromatic heterocycles. The van der Waals surface area contributed by atoms with Gasteiger partial charge < -0.3 is 10.4 Å². The summed E-state index contributed by atoms with van der Waals surface area (Å²) < 4.78 is 13.6. The lowest BCUT2D eigenvalue weighted by molar-refractivity contribution is -0.146. The number of halogens is 1. The van der Waals surface area contributed by atoms with E-state index in [-0.39, 0.29) is 5.69 Å². The van der Waals surface area contributed by atoms with Gasteiger partial charge in [-0.05, 0) is 38.8 Å². The Hall–Kier alpha value is -2.17. The van der Waals surface area contributed by atoms with E-state index in [0.29, 0.717) is 12.8 Å². The highest BCUT2D eigenvalue weighted by Gasteiger charge is 2.37. The molecule has 0 bridgehead atoms. The topological polar surface area (TPSA) is 66.4 Å². The van der Waals surface area contributed by atoms with E-state index in [0.717, 1.165) is 11.1 Å². The van der Waals surface area contributed by atoms with Crippen LogP contribution in [0.2, 0.25) is 0 Å². The van der Waals surface area contributed by atoms with Crippen LogP contribution < -0.4 is 5.32 Å². The fourth-order valence-corrected chi connectivity index (χ4v) is 2.62. The quantitative estimate of drug-likeness (QED) is 0.840. The van der Waals surface area contributed by atoms with Crippen molar-refractivity contribution in [1.82, 2.24) is 0 Å². The molecule has 1 amide bonds. The van der Waals surface area contributed by atoms with E-state index in [1.165, 1.54) is 18.2 Å². The minimum Gasteiger partial charge on any atom is -0.481 e. The number of carboxylic acid groups (broad SMARTS) is 1. The monoisotopic (exact) mass is 291 g/mol. The Morgan fingerprint density at radius 2 is 1.71 bits per heavy atom. The summed E-state index contributed by atoms with van der Waals surface area (Å²) in [6.45, 7) is 3.78. The molecular formula is C16H18FNO3. The number of carbonyl (C=O) groups excluding carboxylic acids is 1. The predicted molar refractivity (Wildman–Crippen MR) is 77.3 cm³/mol. The van der Waals surface area contributed by atoms with Crippen LogP contribution in [0.4, 0.5) is 10.1 Å². The van der Waals surface area contributed by atoms with E-state index < -0.39 is 29.5 Å². The van der Waals surface area contributed by atoms with E-state index in [9.17, 15) is 19.1 Å². The summed E-state index contributed by atoms with van der Waals surface area (Å²) in [5.41, 5.74) is 2.12. The SMILES string of the molecule is CC1=C(C)C[C@@H](C(=O)O)[C@@H](C(=O)Nc2ccccc2F)C1. The largest absolute Gasteiger partial charge is 0.481 e. The first-order valence-electron chi connectivity index (χ1n) is 6.83. The van der Waals surface area contributed by atoms with Crippen molar-refractivity contribution >= 4 is 17.6 Å². The summed E-state index contributed by atoms with van der Waals surface area (Å²) in [5, 5.41) is 11.8. The fourth-order valence-electron chi connectivity index (χ4n) is 2.62. The van der Waals surface area contributed by atoms with Crippen LogP contribution >= 0.6 is 0 Å². The second-order valence-electron chi connectivity index (χ2n) is 5.49. The van der Waals surface area contributed by atoms with Gasteiger partial charge in [-0.3, -0.25) is 9.59 Å². The molecule has 0 aliphatic heterocycles. The number of carboxylic acids is 1. The Bertz CT molecular complexity index is 609. The summed E-state index contributed by atoms with van der Waals surface area (Å²) in [4.78, 5) is 23.7. The van der Waals surface area contributed by atoms with Gasteiger partial charge in [0, 0.05) is 0 Å². The van der Waals surface area contributed by atoms with Gasteiger partial charge in [0.1, 0.15) is 5.82 Å². The van der Waals surface area contributed by atoms with Gasteiger partial charge in [-0.25, -0.2) is 4.39 Å². The van der Waals surface area contributed by atoms with Crippen LogP contribution in [0.5, 0.6) is 0 Å². The Morgan fingerprint density at radius 1 is 1.14 bits per heavy atom. The van der Waals surface area contributed by atoms with Gasteiger partial charge in [-0.2, -0.15) is 0 Å². The molecule has 1 aromatic carbocycles. The van der Waals surface area contributed by atoms with Crippen LogP contribution in [0.3, 0.4) is 0 Å². The van der Waals surface area contributed by atoms with E-state index in [2.05, 4.69) is 5.32 Å². The zero-order valence-corrected chi connectivity index (χ0v) is 12.0. The second kappa shape index (κ2) is 6.08. The Balaban J connectivity index is 2.21. The molecule has 0 heterocycles. The first-order chi connectivity index (χ1) is 9.90. The maximum atomic E-state index is 13.6. The van der Waals surface area contributed by atoms with Gasteiger partial charge in [-0.1, -0.05) is 23.3 Å². The van der Waals surface area contributed by atoms with Crippen molar-refractivity contribution in [2.45, 2.75) is 26.7 Å². The second-order valence-corrected chi connectivity index (χ2v) is 5.49. The van der Waals surface area contributed by atoms with Crippen molar-refractivity contribution in [2.75, 3.05) is 5.32 Å². The summed E-state index contributed by atoms with van der Waals surface area (Å²) in [6.07, 6.45) is 0.750. The van der Waals surface area contributed by atoms with Crippen LogP contribution in [0.1, 0.15) is 26.7 Å². The molecule has 2 atom stereocenters. The number of allylic oxidation sites excluding steroid dienone is 2. The van der Waals surface area contributed by atoms with Crippen molar-refractivity contribution in [3.05, 3.63) is 41.2 Å². The smallest absolute Gasteiger partial charge is 0.307 e. The number of hydrogen-bond acceptors (Lipinski definition) is 2. The number of para-hydroxylation sites is 1. The van der Waals surface area contributed by atoms with Gasteiger partial charge in [0.15, 0.2) is 0 Å². The van der Waals surface area contributed by atoms with E-state index in [1.807, 2.05) is 13.8 Å². The standard InChI is InChI=1S/C16H18FNO3/c1-9-7-11(12(16(20)21)8-10(9)2)15(19)18-14-6-4-3-5-13(14)17/h3-6,11-12H,7-8H2,1-2H3,(H,18,19)(H,20,21)/t11-,12+/m0/s1. The van der Waals surface area contributed by atoms with Crippen molar-refractivity contribution in [2.24, 2.45) is 11.8 Å². The minimum absolute atomic E-state index is 0.0792. The molecule has 1 aliphatic carbocycles. The average Bonchev–Trinajstić information content (AvgIpc) is 2.43. The molecule has 1 aliphatic rings. The van der Waals surface area contributed by atoms with Gasteiger partial charge in [-0.15, -0.1) is 0 Å². The zero-order valence-electron chi connectivity index (χ0n) is 12.0. The number of amides is 1. The first kappa shape index (κ1) is 15.2. The number of nitrogens with one attached hydrogen (secondary N) is 1. The third kappa shape index (κ3) is 3.29. The molecule has 0 spiro atoms. The first-order valence-corrected chi connectivity index (χ1v) is 6.83. The average molecular weight is 291 g/mol. The lowest BCUT2D eigenvalue weighted by atomic mass is 9.76. The lowest BCUT2D eigenvalue weighted by Crippen LogP contribution is -2.36. The number of benzene rings is 1. The number of rotatable bonds is 3. The zero-order chi connectivity index (χ0) is 15.6. The van der Waals surface area contributed by atoms with Crippen molar-refractivity contribution in [3.63, 3.8) is 0 Å². The van der Waals surface area contributed by atoms with Crippen LogP contribution in [-0.4, -0.2) is 17.0 Å². The molecule has 0 unspecified atom stereocenters. The highest BCUT2D eigenvalue weighted by molar-refractivity contribution is 5.95. The molecule has 1 aromatic rings. The molecule has 0 radical (unpaired) electrons. The number of carbonyl (C=O) groups is 2. The molecule has 0 saturated heterocycles. The Labute approximate surface area is 122 Å². The molecule has 0 saturated carbocycles. The van der Waals surface area contributed by atoms with Gasteiger partial charge in [0.05, 0.1) is 17.5 Å². The number of hydrogen-bond donors (Lipinski definition) is 2. The maximum Gasteiger partial charge on any atom is 0.307 e. The highest BCUT2D eigenvalue weighted by Crippen LogP contribution is 2.35. The van der Waals surface area contributed by atoms with Gasteiger partial charge >= 0.3 is 5.97 Å². The minimum atomic E-state index is -0.990. The third-order valence-corrected chi connectivity index (χ3v) is 4.05. The number of anilines is 1. The maximum absolute atomic E-state index is 13.6. The fraction of sp³-hybridized carbons (Fsp3) is 0.375. The Morgan fingerprint density at radius 3 is 2.29 bits per heavy atom. The van der Waals surface area contributed by atoms with Crippen molar-refractivity contribution in [1.29, 1.82) is 0 Å². The highest BCUT2D eigenvalue weighted by atomic mass is 19.1. The predicted octanol–water partition coefficient (Wildman–Crippen LogP) is 3.21. The molecule has 0 fully saturated rings. The van der Waals surface area contributed by atoms with Crippen molar-refractivity contribution in [3.8, 4) is 0 Å². The number of aliphatic carboxylic acids is 1. The molecule has 112 valence electrons. The molecule has 4 nitrogen and oxygen atoms in total. The van der Waals surface area contributed by atoms with Gasteiger partial charge in [0.25, 0.3) is 0 Å².